The molecule has 192 valence electrons. The number of rotatable bonds is 10. The van der Waals surface area contributed by atoms with E-state index in [-0.39, 0.29) is 43.2 Å². The quantitative estimate of drug-likeness (QED) is 0.452. The van der Waals surface area contributed by atoms with E-state index in [2.05, 4.69) is 10.3 Å². The summed E-state index contributed by atoms with van der Waals surface area (Å²) in [5.41, 5.74) is -1.45. The van der Waals surface area contributed by atoms with Crippen LogP contribution in [0, 0.1) is 5.41 Å². The lowest BCUT2D eigenvalue weighted by Gasteiger charge is -2.32. The highest BCUT2D eigenvalue weighted by Gasteiger charge is 2.63. The summed E-state index contributed by atoms with van der Waals surface area (Å²) in [5, 5.41) is 12.3. The average Bonchev–Trinajstić information content (AvgIpc) is 3.57. The van der Waals surface area contributed by atoms with Gasteiger partial charge in [-0.25, -0.2) is 8.78 Å². The van der Waals surface area contributed by atoms with Crippen LogP contribution in [0.15, 0.2) is 42.6 Å². The van der Waals surface area contributed by atoms with Gasteiger partial charge in [0.2, 0.25) is 5.91 Å². The molecule has 1 unspecified atom stereocenters. The number of nitrogens with zero attached hydrogens (tertiary/aromatic N) is 2. The maximum absolute atomic E-state index is 14.6. The van der Waals surface area contributed by atoms with Crippen LogP contribution in [0.4, 0.5) is 22.0 Å². The van der Waals surface area contributed by atoms with E-state index in [9.17, 15) is 31.9 Å². The Labute approximate surface area is 201 Å². The molecule has 0 radical (unpaired) electrons. The van der Waals surface area contributed by atoms with Crippen molar-refractivity contribution in [2.45, 2.75) is 56.7 Å². The second-order valence-corrected chi connectivity index (χ2v) is 9.57. The molecule has 1 aliphatic rings. The summed E-state index contributed by atoms with van der Waals surface area (Å²) in [5.74, 6) is -4.38. The van der Waals surface area contributed by atoms with Crippen LogP contribution in [0.5, 0.6) is 5.75 Å². The Kier molecular flexibility index (Phi) is 7.74. The zero-order valence-electron chi connectivity index (χ0n) is 19.9. The van der Waals surface area contributed by atoms with Crippen molar-refractivity contribution in [3.05, 3.63) is 59.4 Å². The van der Waals surface area contributed by atoms with Gasteiger partial charge in [0.25, 0.3) is 5.92 Å². The van der Waals surface area contributed by atoms with E-state index in [4.69, 9.17) is 0 Å². The molecule has 1 aromatic carbocycles. The molecule has 3 rings (SSSR count). The molecule has 10 heteroatoms. The first-order chi connectivity index (χ1) is 16.2. The van der Waals surface area contributed by atoms with Gasteiger partial charge >= 0.3 is 6.18 Å². The molecule has 1 aromatic heterocycles. The number of phenolic OH excluding ortho intramolecular Hbond substituents is 1. The summed E-state index contributed by atoms with van der Waals surface area (Å²) in [6.07, 6.45) is -3.03. The van der Waals surface area contributed by atoms with Gasteiger partial charge in [0.15, 0.2) is 0 Å². The van der Waals surface area contributed by atoms with Crippen LogP contribution in [0.3, 0.4) is 0 Å². The van der Waals surface area contributed by atoms with Crippen molar-refractivity contribution >= 4 is 5.91 Å². The molecule has 2 aromatic rings. The normalized spacial score (nSPS) is 17.2. The third-order valence-electron chi connectivity index (χ3n) is 6.87. The Hall–Kier alpha value is -2.75. The Bertz CT molecular complexity index is 998. The van der Waals surface area contributed by atoms with Crippen molar-refractivity contribution < 1.29 is 31.9 Å². The molecule has 1 fully saturated rings. The number of pyridine rings is 1. The van der Waals surface area contributed by atoms with Crippen LogP contribution >= 0.6 is 0 Å². The standard InChI is InChI=1S/C25H30F5N3O2/c1-23(26,27)24(10-11-24)20(17-6-9-21(31-14-17)25(28,29)30)13-22(35)32-15-18(33(2)3)12-16-4-7-19(34)8-5-16/h4-9,14,18,20,34H,10-13,15H2,1-3H3,(H,32,35)/t18-,20?/m0/s1. The number of nitrogens with one attached hydrogen (secondary N) is 1. The maximum atomic E-state index is 14.6. The van der Waals surface area contributed by atoms with E-state index < -0.39 is 35.0 Å². The van der Waals surface area contributed by atoms with E-state index in [0.717, 1.165) is 30.8 Å². The Morgan fingerprint density at radius 1 is 1.11 bits per heavy atom. The van der Waals surface area contributed by atoms with E-state index in [1.54, 1.807) is 24.3 Å². The molecule has 1 saturated carbocycles. The number of alkyl halides is 5. The SMILES string of the molecule is CN(C)[C@H](CNC(=O)CC(c1ccc(C(F)(F)F)nc1)C1(C(C)(F)F)CC1)Cc1ccc(O)cc1. The van der Waals surface area contributed by atoms with Crippen LogP contribution < -0.4 is 5.32 Å². The van der Waals surface area contributed by atoms with Gasteiger partial charge < -0.3 is 15.3 Å². The lowest BCUT2D eigenvalue weighted by Crippen LogP contribution is -2.43. The summed E-state index contributed by atoms with van der Waals surface area (Å²) >= 11 is 0. The van der Waals surface area contributed by atoms with Crippen molar-refractivity contribution in [3.8, 4) is 5.75 Å². The average molecular weight is 500 g/mol. The minimum Gasteiger partial charge on any atom is -0.508 e. The number of halogens is 5. The summed E-state index contributed by atoms with van der Waals surface area (Å²) in [4.78, 5) is 18.2. The van der Waals surface area contributed by atoms with E-state index in [1.807, 2.05) is 19.0 Å². The Morgan fingerprint density at radius 2 is 1.74 bits per heavy atom. The highest BCUT2D eigenvalue weighted by molar-refractivity contribution is 5.77. The lowest BCUT2D eigenvalue weighted by atomic mass is 9.77. The summed E-state index contributed by atoms with van der Waals surface area (Å²) in [7, 11) is 3.70. The Morgan fingerprint density at radius 3 is 2.20 bits per heavy atom. The van der Waals surface area contributed by atoms with E-state index >= 15 is 0 Å². The predicted molar refractivity (Wildman–Crippen MR) is 121 cm³/mol. The van der Waals surface area contributed by atoms with Crippen molar-refractivity contribution in [1.82, 2.24) is 15.2 Å². The highest BCUT2D eigenvalue weighted by Crippen LogP contribution is 2.65. The van der Waals surface area contributed by atoms with Crippen LogP contribution in [-0.4, -0.2) is 53.5 Å². The molecule has 5 nitrogen and oxygen atoms in total. The number of amides is 1. The fourth-order valence-electron chi connectivity index (χ4n) is 4.47. The lowest BCUT2D eigenvalue weighted by molar-refractivity contribution is -0.141. The van der Waals surface area contributed by atoms with Gasteiger partial charge in [0.05, 0.1) is 0 Å². The summed E-state index contributed by atoms with van der Waals surface area (Å²) in [6, 6.07) is 8.52. The smallest absolute Gasteiger partial charge is 0.433 e. The van der Waals surface area contributed by atoms with Crippen molar-refractivity contribution in [2.75, 3.05) is 20.6 Å². The van der Waals surface area contributed by atoms with Gasteiger partial charge in [0, 0.05) is 36.5 Å². The van der Waals surface area contributed by atoms with Crippen LogP contribution in [-0.2, 0) is 17.4 Å². The fraction of sp³-hybridized carbons (Fsp3) is 0.520. The molecule has 2 atom stereocenters. The zero-order chi connectivity index (χ0) is 26.0. The van der Waals surface area contributed by atoms with Gasteiger partial charge in [-0.2, -0.15) is 13.2 Å². The Balaban J connectivity index is 1.73. The largest absolute Gasteiger partial charge is 0.508 e. The number of phenols is 1. The zero-order valence-corrected chi connectivity index (χ0v) is 19.9. The summed E-state index contributed by atoms with van der Waals surface area (Å²) in [6.45, 7) is 1.04. The number of aromatic nitrogens is 1. The van der Waals surface area contributed by atoms with Crippen molar-refractivity contribution in [1.29, 1.82) is 0 Å². The third-order valence-corrected chi connectivity index (χ3v) is 6.87. The van der Waals surface area contributed by atoms with Gasteiger partial charge in [-0.3, -0.25) is 9.78 Å². The first-order valence-corrected chi connectivity index (χ1v) is 11.3. The molecule has 0 spiro atoms. The molecule has 1 heterocycles. The molecule has 35 heavy (non-hydrogen) atoms. The number of carbonyl (C=O) groups is 1. The third kappa shape index (κ3) is 6.48. The van der Waals surface area contributed by atoms with Crippen LogP contribution in [0.25, 0.3) is 0 Å². The van der Waals surface area contributed by atoms with Gasteiger partial charge in [-0.15, -0.1) is 0 Å². The van der Waals surface area contributed by atoms with E-state index in [1.165, 1.54) is 0 Å². The number of aromatic hydroxyl groups is 1. The van der Waals surface area contributed by atoms with Crippen molar-refractivity contribution in [3.63, 3.8) is 0 Å². The van der Waals surface area contributed by atoms with Crippen LogP contribution in [0.1, 0.15) is 48.9 Å². The second kappa shape index (κ2) is 10.1. The second-order valence-electron chi connectivity index (χ2n) is 9.57. The minimum absolute atomic E-state index is 0.0998. The number of likely N-dealkylation sites (N-methyl/N-ethyl adjacent to an activating group) is 1. The molecule has 2 N–H and O–H groups in total. The van der Waals surface area contributed by atoms with Crippen LogP contribution in [0.2, 0.25) is 0 Å². The van der Waals surface area contributed by atoms with E-state index in [0.29, 0.717) is 6.42 Å². The molecule has 0 saturated heterocycles. The van der Waals surface area contributed by atoms with Gasteiger partial charge in [-0.05, 0) is 69.6 Å². The minimum atomic E-state index is -4.64. The van der Waals surface area contributed by atoms with Crippen molar-refractivity contribution in [2.24, 2.45) is 5.41 Å². The molecular formula is C25H30F5N3O2. The topological polar surface area (TPSA) is 65.5 Å². The first-order valence-electron chi connectivity index (χ1n) is 11.3. The number of carbonyl (C=O) groups excluding carboxylic acids is 1. The molecule has 0 bridgehead atoms. The molecule has 1 amide bonds. The fourth-order valence-corrected chi connectivity index (χ4v) is 4.47. The highest BCUT2D eigenvalue weighted by atomic mass is 19.4. The molecule has 0 aliphatic heterocycles. The number of benzene rings is 1. The first kappa shape index (κ1) is 26.8. The monoisotopic (exact) mass is 499 g/mol. The molecule has 1 aliphatic carbocycles. The van der Waals surface area contributed by atoms with Gasteiger partial charge in [-0.1, -0.05) is 18.2 Å². The number of hydrogen-bond donors (Lipinski definition) is 2. The maximum Gasteiger partial charge on any atom is 0.433 e. The summed E-state index contributed by atoms with van der Waals surface area (Å²) < 4.78 is 67.9. The predicted octanol–water partition coefficient (Wildman–Crippen LogP) is 5.00. The van der Waals surface area contributed by atoms with Gasteiger partial charge in [0.1, 0.15) is 11.4 Å². The molecular weight excluding hydrogens is 469 g/mol. The number of hydrogen-bond acceptors (Lipinski definition) is 4.